The Morgan fingerprint density at radius 1 is 0.643 bits per heavy atom. The molecule has 0 aliphatic rings. The van der Waals surface area contributed by atoms with Crippen molar-refractivity contribution in [2.24, 2.45) is 0 Å². The zero-order valence-electron chi connectivity index (χ0n) is 15.1. The number of hydrogen-bond donors (Lipinski definition) is 0. The lowest BCUT2D eigenvalue weighted by molar-refractivity contribution is 0.583. The van der Waals surface area contributed by atoms with E-state index in [1.807, 2.05) is 19.1 Å². The Morgan fingerprint density at radius 3 is 2.04 bits per heavy atom. The minimum Gasteiger partial charge on any atom is -0.207 e. The van der Waals surface area contributed by atoms with E-state index in [0.717, 1.165) is 35.6 Å². The quantitative estimate of drug-likeness (QED) is 0.327. The van der Waals surface area contributed by atoms with Gasteiger partial charge in [0.15, 0.2) is 0 Å². The number of rotatable bonds is 3. The molecule has 0 saturated carbocycles. The molecule has 0 aliphatic heterocycles. The van der Waals surface area contributed by atoms with E-state index in [1.54, 1.807) is 24.3 Å². The zero-order valence-corrected chi connectivity index (χ0v) is 15.1. The summed E-state index contributed by atoms with van der Waals surface area (Å²) in [5.74, 6) is -2.68. The maximum atomic E-state index is 15.0. The van der Waals surface area contributed by atoms with Gasteiger partial charge in [0.05, 0.1) is 0 Å². The van der Waals surface area contributed by atoms with Gasteiger partial charge in [-0.15, -0.1) is 0 Å². The van der Waals surface area contributed by atoms with Crippen molar-refractivity contribution in [1.29, 1.82) is 0 Å². The molecule has 4 heteroatoms. The summed E-state index contributed by atoms with van der Waals surface area (Å²) in [6.07, 6.45) is 0.854. The van der Waals surface area contributed by atoms with Crippen LogP contribution in [0.2, 0.25) is 0 Å². The van der Waals surface area contributed by atoms with Crippen LogP contribution in [0.5, 0.6) is 0 Å². The van der Waals surface area contributed by atoms with E-state index in [4.69, 9.17) is 0 Å². The van der Waals surface area contributed by atoms with Crippen LogP contribution in [0.4, 0.5) is 17.6 Å². The molecule has 0 amide bonds. The second-order valence-corrected chi connectivity index (χ2v) is 6.69. The predicted octanol–water partition coefficient (Wildman–Crippen LogP) is 7.29. The van der Waals surface area contributed by atoms with Crippen LogP contribution in [0.15, 0.2) is 66.7 Å². The smallest absolute Gasteiger partial charge is 0.138 e. The second-order valence-electron chi connectivity index (χ2n) is 6.69. The van der Waals surface area contributed by atoms with Gasteiger partial charge in [-0.25, -0.2) is 17.6 Å². The van der Waals surface area contributed by atoms with Crippen LogP contribution in [0, 0.1) is 23.3 Å². The van der Waals surface area contributed by atoms with Crippen LogP contribution in [0.25, 0.3) is 33.0 Å². The normalized spacial score (nSPS) is 11.2. The van der Waals surface area contributed by atoms with Gasteiger partial charge in [0.2, 0.25) is 0 Å². The summed E-state index contributed by atoms with van der Waals surface area (Å²) in [6, 6.07) is 15.9. The largest absolute Gasteiger partial charge is 0.207 e. The lowest BCUT2D eigenvalue weighted by Crippen LogP contribution is -1.92. The summed E-state index contributed by atoms with van der Waals surface area (Å²) in [7, 11) is 0. The molecule has 0 unspecified atom stereocenters. The van der Waals surface area contributed by atoms with Gasteiger partial charge in [0, 0.05) is 22.6 Å². The molecule has 28 heavy (non-hydrogen) atoms. The first-order chi connectivity index (χ1) is 13.5. The molecule has 0 radical (unpaired) electrons. The third kappa shape index (κ3) is 3.26. The molecule has 0 heterocycles. The van der Waals surface area contributed by atoms with Crippen LogP contribution in [0.3, 0.4) is 0 Å². The highest BCUT2D eigenvalue weighted by Gasteiger charge is 2.14. The molecule has 0 nitrogen and oxygen atoms in total. The first kappa shape index (κ1) is 18.2. The minimum atomic E-state index is -0.787. The van der Waals surface area contributed by atoms with Gasteiger partial charge < -0.3 is 0 Å². The topological polar surface area (TPSA) is 0 Å². The van der Waals surface area contributed by atoms with Crippen LogP contribution in [0.1, 0.15) is 12.5 Å². The van der Waals surface area contributed by atoms with Crippen molar-refractivity contribution < 1.29 is 17.6 Å². The van der Waals surface area contributed by atoms with E-state index in [-0.39, 0.29) is 16.7 Å². The predicted molar refractivity (Wildman–Crippen MR) is 104 cm³/mol. The molecule has 0 spiro atoms. The Hall–Kier alpha value is -3.14. The number of hydrogen-bond acceptors (Lipinski definition) is 0. The van der Waals surface area contributed by atoms with Crippen molar-refractivity contribution in [2.75, 3.05) is 0 Å². The van der Waals surface area contributed by atoms with Gasteiger partial charge in [0.25, 0.3) is 0 Å². The number of benzene rings is 4. The molecule has 0 fully saturated rings. The Kier molecular flexibility index (Phi) is 4.63. The van der Waals surface area contributed by atoms with E-state index in [9.17, 15) is 13.2 Å². The van der Waals surface area contributed by atoms with Gasteiger partial charge in [0.1, 0.15) is 23.3 Å². The fourth-order valence-corrected chi connectivity index (χ4v) is 3.41. The monoisotopic (exact) mass is 380 g/mol. The molecule has 0 atom stereocenters. The molecule has 0 bridgehead atoms. The Balaban J connectivity index is 1.80. The SMILES string of the molecule is CCc1ccc2c(F)c(-c3ccc(-c4cc(F)cc(F)c4)c(F)c3)ccc2c1. The zero-order chi connectivity index (χ0) is 19.8. The summed E-state index contributed by atoms with van der Waals surface area (Å²) in [6.45, 7) is 2.03. The maximum Gasteiger partial charge on any atom is 0.138 e. The highest BCUT2D eigenvalue weighted by atomic mass is 19.1. The molecule has 0 aromatic heterocycles. The van der Waals surface area contributed by atoms with Gasteiger partial charge in [-0.1, -0.05) is 49.4 Å². The molecule has 4 rings (SSSR count). The first-order valence-corrected chi connectivity index (χ1v) is 8.94. The second kappa shape index (κ2) is 7.12. The lowest BCUT2D eigenvalue weighted by Gasteiger charge is -2.10. The van der Waals surface area contributed by atoms with Crippen molar-refractivity contribution in [2.45, 2.75) is 13.3 Å². The van der Waals surface area contributed by atoms with Gasteiger partial charge in [-0.05, 0) is 46.7 Å². The molecule has 4 aromatic carbocycles. The standard InChI is InChI=1S/C24H16F4/c1-2-14-3-6-21-15(9-14)5-8-22(24(21)28)16-4-7-20(23(27)12-16)17-10-18(25)13-19(26)11-17/h3-13H,2H2,1H3. The third-order valence-electron chi connectivity index (χ3n) is 4.88. The van der Waals surface area contributed by atoms with Crippen molar-refractivity contribution in [1.82, 2.24) is 0 Å². The lowest BCUT2D eigenvalue weighted by atomic mass is 9.96. The highest BCUT2D eigenvalue weighted by molar-refractivity contribution is 5.89. The molecule has 0 N–H and O–H groups in total. The fourth-order valence-electron chi connectivity index (χ4n) is 3.41. The molecule has 0 aliphatic carbocycles. The van der Waals surface area contributed by atoms with E-state index in [0.29, 0.717) is 10.9 Å². The van der Waals surface area contributed by atoms with E-state index < -0.39 is 23.3 Å². The average molecular weight is 380 g/mol. The highest BCUT2D eigenvalue weighted by Crippen LogP contribution is 2.33. The first-order valence-electron chi connectivity index (χ1n) is 8.94. The molecule has 0 saturated heterocycles. The van der Waals surface area contributed by atoms with E-state index in [2.05, 4.69) is 0 Å². The molecular weight excluding hydrogens is 364 g/mol. The van der Waals surface area contributed by atoms with E-state index >= 15 is 4.39 Å². The summed E-state index contributed by atoms with van der Waals surface area (Å²) in [5, 5.41) is 1.25. The fraction of sp³-hybridized carbons (Fsp3) is 0.0833. The van der Waals surface area contributed by atoms with Gasteiger partial charge in [-0.3, -0.25) is 0 Å². The summed E-state index contributed by atoms with van der Waals surface area (Å²) in [4.78, 5) is 0. The average Bonchev–Trinajstić information content (AvgIpc) is 2.67. The third-order valence-corrected chi connectivity index (χ3v) is 4.88. The van der Waals surface area contributed by atoms with E-state index in [1.165, 1.54) is 12.1 Å². The molecular formula is C24H16F4. The summed E-state index contributed by atoms with van der Waals surface area (Å²) in [5.41, 5.74) is 1.88. The van der Waals surface area contributed by atoms with Crippen molar-refractivity contribution >= 4 is 10.8 Å². The van der Waals surface area contributed by atoms with Crippen LogP contribution < -0.4 is 0 Å². The molecule has 140 valence electrons. The van der Waals surface area contributed by atoms with Crippen LogP contribution >= 0.6 is 0 Å². The molecule has 4 aromatic rings. The van der Waals surface area contributed by atoms with Crippen molar-refractivity contribution in [3.63, 3.8) is 0 Å². The number of fused-ring (bicyclic) bond motifs is 1. The summed E-state index contributed by atoms with van der Waals surface area (Å²) < 4.78 is 56.6. The van der Waals surface area contributed by atoms with Gasteiger partial charge >= 0.3 is 0 Å². The Morgan fingerprint density at radius 2 is 1.36 bits per heavy atom. The summed E-state index contributed by atoms with van der Waals surface area (Å²) >= 11 is 0. The van der Waals surface area contributed by atoms with Crippen LogP contribution in [-0.2, 0) is 6.42 Å². The van der Waals surface area contributed by atoms with Crippen molar-refractivity contribution in [3.8, 4) is 22.3 Å². The van der Waals surface area contributed by atoms with Gasteiger partial charge in [-0.2, -0.15) is 0 Å². The number of aryl methyl sites for hydroxylation is 1. The minimum absolute atomic E-state index is 0.0518. The number of halogens is 4. The Labute approximate surface area is 160 Å². The van der Waals surface area contributed by atoms with Crippen molar-refractivity contribution in [3.05, 3.63) is 95.6 Å². The maximum absolute atomic E-state index is 15.0. The van der Waals surface area contributed by atoms with Crippen LogP contribution in [-0.4, -0.2) is 0 Å². The Bertz CT molecular complexity index is 1170.